The lowest BCUT2D eigenvalue weighted by Gasteiger charge is -2.21. The predicted octanol–water partition coefficient (Wildman–Crippen LogP) is 0.808. The first kappa shape index (κ1) is 13.9. The number of aryl methyl sites for hydroxylation is 2. The molecule has 3 N–H and O–H groups in total. The Morgan fingerprint density at radius 1 is 1.47 bits per heavy atom. The van der Waals surface area contributed by atoms with Crippen molar-refractivity contribution in [2.45, 2.75) is 46.2 Å². The Morgan fingerprint density at radius 3 is 2.59 bits per heavy atom. The molecule has 0 aliphatic carbocycles. The van der Waals surface area contributed by atoms with E-state index in [1.165, 1.54) is 0 Å². The first-order chi connectivity index (χ1) is 7.99. The molecule has 1 rings (SSSR count). The minimum absolute atomic E-state index is 0.00473. The maximum absolute atomic E-state index is 11.9. The highest BCUT2D eigenvalue weighted by Gasteiger charge is 2.17. The number of hydrogen-bond donors (Lipinski definition) is 3. The van der Waals surface area contributed by atoms with Crippen LogP contribution < -0.4 is 10.9 Å². The van der Waals surface area contributed by atoms with Crippen molar-refractivity contribution >= 4 is 0 Å². The third kappa shape index (κ3) is 3.38. The maximum atomic E-state index is 11.9. The number of nitrogens with zero attached hydrogens (tertiary/aromatic N) is 1. The van der Waals surface area contributed by atoms with E-state index in [0.717, 1.165) is 12.1 Å². The smallest absolute Gasteiger partial charge is 0.255 e. The van der Waals surface area contributed by atoms with Crippen molar-refractivity contribution in [1.82, 2.24) is 15.3 Å². The van der Waals surface area contributed by atoms with Gasteiger partial charge in [-0.05, 0) is 27.2 Å². The van der Waals surface area contributed by atoms with E-state index < -0.39 is 0 Å². The Morgan fingerprint density at radius 2 is 2.12 bits per heavy atom. The number of aliphatic hydroxyl groups is 1. The molecule has 0 saturated heterocycles. The second kappa shape index (κ2) is 5.93. The standard InChI is InChI=1S/C12H21N3O2/c1-5-10(6-16)14-8(3)11-7(2)13-9(4)15-12(11)17/h8,10,14,16H,5-6H2,1-4H3,(H,13,15,17)/t8?,10-/m1/s1. The topological polar surface area (TPSA) is 78.0 Å². The Hall–Kier alpha value is -1.20. The van der Waals surface area contributed by atoms with E-state index in [2.05, 4.69) is 15.3 Å². The predicted molar refractivity (Wildman–Crippen MR) is 67.0 cm³/mol. The Bertz CT molecular complexity index is 424. The summed E-state index contributed by atoms with van der Waals surface area (Å²) < 4.78 is 0. The first-order valence-electron chi connectivity index (χ1n) is 5.93. The summed E-state index contributed by atoms with van der Waals surface area (Å²) in [4.78, 5) is 18.8. The summed E-state index contributed by atoms with van der Waals surface area (Å²) >= 11 is 0. The summed E-state index contributed by atoms with van der Waals surface area (Å²) in [5.41, 5.74) is 1.27. The SMILES string of the molecule is CC[C@H](CO)NC(C)c1c(C)nc(C)[nH]c1=O. The van der Waals surface area contributed by atoms with Crippen molar-refractivity contribution in [1.29, 1.82) is 0 Å². The summed E-state index contributed by atoms with van der Waals surface area (Å²) in [7, 11) is 0. The molecule has 2 atom stereocenters. The van der Waals surface area contributed by atoms with Crippen molar-refractivity contribution in [3.8, 4) is 0 Å². The molecule has 0 fully saturated rings. The van der Waals surface area contributed by atoms with Gasteiger partial charge in [-0.15, -0.1) is 0 Å². The first-order valence-corrected chi connectivity index (χ1v) is 5.93. The van der Waals surface area contributed by atoms with Crippen LogP contribution in [0.3, 0.4) is 0 Å². The Balaban J connectivity index is 2.96. The molecule has 17 heavy (non-hydrogen) atoms. The highest BCUT2D eigenvalue weighted by Crippen LogP contribution is 2.12. The van der Waals surface area contributed by atoms with E-state index in [4.69, 9.17) is 5.11 Å². The van der Waals surface area contributed by atoms with E-state index >= 15 is 0 Å². The zero-order chi connectivity index (χ0) is 13.0. The van der Waals surface area contributed by atoms with Crippen LogP contribution in [0.15, 0.2) is 4.79 Å². The third-order valence-corrected chi connectivity index (χ3v) is 2.90. The van der Waals surface area contributed by atoms with Gasteiger partial charge in [-0.3, -0.25) is 4.79 Å². The zero-order valence-corrected chi connectivity index (χ0v) is 10.9. The van der Waals surface area contributed by atoms with Gasteiger partial charge in [-0.2, -0.15) is 0 Å². The van der Waals surface area contributed by atoms with Crippen LogP contribution in [0.5, 0.6) is 0 Å². The molecule has 1 aromatic heterocycles. The fourth-order valence-corrected chi connectivity index (χ4v) is 1.98. The van der Waals surface area contributed by atoms with Gasteiger partial charge in [0.15, 0.2) is 0 Å². The Kier molecular flexibility index (Phi) is 4.84. The normalized spacial score (nSPS) is 14.6. The molecule has 0 aliphatic rings. The summed E-state index contributed by atoms with van der Waals surface area (Å²) in [5.74, 6) is 0.623. The number of aromatic nitrogens is 2. The lowest BCUT2D eigenvalue weighted by atomic mass is 10.1. The number of aromatic amines is 1. The molecule has 0 aromatic carbocycles. The molecule has 5 nitrogen and oxygen atoms in total. The number of aliphatic hydroxyl groups excluding tert-OH is 1. The molecule has 0 amide bonds. The van der Waals surface area contributed by atoms with E-state index in [0.29, 0.717) is 11.4 Å². The second-order valence-electron chi connectivity index (χ2n) is 4.33. The summed E-state index contributed by atoms with van der Waals surface area (Å²) in [6.07, 6.45) is 0.817. The van der Waals surface area contributed by atoms with Crippen molar-refractivity contribution in [3.63, 3.8) is 0 Å². The molecule has 96 valence electrons. The van der Waals surface area contributed by atoms with Crippen molar-refractivity contribution in [2.75, 3.05) is 6.61 Å². The summed E-state index contributed by atoms with van der Waals surface area (Å²) in [6.45, 7) is 7.56. The van der Waals surface area contributed by atoms with E-state index in [1.54, 1.807) is 6.92 Å². The second-order valence-corrected chi connectivity index (χ2v) is 4.33. The molecular weight excluding hydrogens is 218 g/mol. The highest BCUT2D eigenvalue weighted by molar-refractivity contribution is 5.20. The van der Waals surface area contributed by atoms with Gasteiger partial charge in [-0.1, -0.05) is 6.92 Å². The van der Waals surface area contributed by atoms with Crippen LogP contribution in [-0.4, -0.2) is 27.7 Å². The molecule has 1 heterocycles. The van der Waals surface area contributed by atoms with Crippen LogP contribution in [0.2, 0.25) is 0 Å². The lowest BCUT2D eigenvalue weighted by molar-refractivity contribution is 0.229. The number of H-pyrrole nitrogens is 1. The van der Waals surface area contributed by atoms with Gasteiger partial charge in [0.25, 0.3) is 5.56 Å². The van der Waals surface area contributed by atoms with E-state index in [9.17, 15) is 4.79 Å². The fourth-order valence-electron chi connectivity index (χ4n) is 1.98. The summed E-state index contributed by atoms with van der Waals surface area (Å²) in [6, 6.07) is -0.117. The van der Waals surface area contributed by atoms with Crippen LogP contribution in [0.4, 0.5) is 0 Å². The van der Waals surface area contributed by atoms with Crippen LogP contribution in [0, 0.1) is 13.8 Å². The largest absolute Gasteiger partial charge is 0.395 e. The fraction of sp³-hybridized carbons (Fsp3) is 0.667. The number of hydrogen-bond acceptors (Lipinski definition) is 4. The molecule has 5 heteroatoms. The number of nitrogens with one attached hydrogen (secondary N) is 2. The lowest BCUT2D eigenvalue weighted by Crippen LogP contribution is -2.37. The van der Waals surface area contributed by atoms with Gasteiger partial charge in [0.05, 0.1) is 12.2 Å². The van der Waals surface area contributed by atoms with Gasteiger partial charge in [0.1, 0.15) is 5.82 Å². The van der Waals surface area contributed by atoms with Gasteiger partial charge >= 0.3 is 0 Å². The van der Waals surface area contributed by atoms with Gasteiger partial charge in [0.2, 0.25) is 0 Å². The molecule has 0 saturated carbocycles. The van der Waals surface area contributed by atoms with Gasteiger partial charge < -0.3 is 15.4 Å². The molecule has 0 radical (unpaired) electrons. The maximum Gasteiger partial charge on any atom is 0.255 e. The van der Waals surface area contributed by atoms with Crippen molar-refractivity contribution in [2.24, 2.45) is 0 Å². The molecular formula is C12H21N3O2. The van der Waals surface area contributed by atoms with Crippen molar-refractivity contribution < 1.29 is 5.11 Å². The van der Waals surface area contributed by atoms with E-state index in [-0.39, 0.29) is 24.2 Å². The summed E-state index contributed by atoms with van der Waals surface area (Å²) in [5, 5.41) is 12.4. The average Bonchev–Trinajstić information content (AvgIpc) is 2.24. The monoisotopic (exact) mass is 239 g/mol. The van der Waals surface area contributed by atoms with Crippen LogP contribution >= 0.6 is 0 Å². The third-order valence-electron chi connectivity index (χ3n) is 2.90. The number of rotatable bonds is 5. The van der Waals surface area contributed by atoms with Crippen molar-refractivity contribution in [3.05, 3.63) is 27.4 Å². The molecule has 1 aromatic rings. The molecule has 0 spiro atoms. The molecule has 0 bridgehead atoms. The minimum atomic E-state index is -0.121. The van der Waals surface area contributed by atoms with Gasteiger partial charge in [0, 0.05) is 17.8 Å². The highest BCUT2D eigenvalue weighted by atomic mass is 16.3. The quantitative estimate of drug-likeness (QED) is 0.710. The van der Waals surface area contributed by atoms with Crippen LogP contribution in [0.25, 0.3) is 0 Å². The molecule has 0 aliphatic heterocycles. The van der Waals surface area contributed by atoms with Crippen LogP contribution in [0.1, 0.15) is 43.4 Å². The van der Waals surface area contributed by atoms with Gasteiger partial charge in [-0.25, -0.2) is 4.98 Å². The Labute approximate surface area is 101 Å². The zero-order valence-electron chi connectivity index (χ0n) is 10.9. The van der Waals surface area contributed by atoms with Crippen LogP contribution in [-0.2, 0) is 0 Å². The average molecular weight is 239 g/mol. The molecule has 1 unspecified atom stereocenters. The minimum Gasteiger partial charge on any atom is -0.395 e. The van der Waals surface area contributed by atoms with E-state index in [1.807, 2.05) is 20.8 Å².